The number of anilines is 5. The van der Waals surface area contributed by atoms with E-state index in [4.69, 9.17) is 21.3 Å². The number of carbonyl (C=O) groups excluding carboxylic acids is 2. The van der Waals surface area contributed by atoms with E-state index in [0.29, 0.717) is 35.8 Å². The number of aromatic nitrogens is 2. The van der Waals surface area contributed by atoms with Crippen LogP contribution in [0.3, 0.4) is 0 Å². The monoisotopic (exact) mass is 866 g/mol. The van der Waals surface area contributed by atoms with E-state index < -0.39 is 0 Å². The fourth-order valence-electron chi connectivity index (χ4n) is 9.21. The Bertz CT molecular complexity index is 2090. The Morgan fingerprint density at radius 2 is 1.69 bits per heavy atom. The molecule has 7 rings (SSSR count). The zero-order valence-electron chi connectivity index (χ0n) is 36.5. The highest BCUT2D eigenvalue weighted by atomic mass is 35.5. The van der Waals surface area contributed by atoms with Crippen molar-refractivity contribution in [3.8, 4) is 5.75 Å². The second-order valence-electron chi connectivity index (χ2n) is 17.0. The summed E-state index contributed by atoms with van der Waals surface area (Å²) in [5, 5.41) is 8.50. The molecule has 326 valence electrons. The van der Waals surface area contributed by atoms with Crippen LogP contribution in [0.1, 0.15) is 86.2 Å². The number of fused-ring (bicyclic) bond motifs is 1. The second-order valence-corrected chi connectivity index (χ2v) is 19.7. The smallest absolute Gasteiger partial charge is 0.254 e. The van der Waals surface area contributed by atoms with Gasteiger partial charge in [0.25, 0.3) is 5.91 Å². The number of hydrogen-bond donors (Lipinski definition) is 2. The maximum Gasteiger partial charge on any atom is 0.254 e. The summed E-state index contributed by atoms with van der Waals surface area (Å²) in [6, 6.07) is 21.5. The molecule has 1 unspecified atom stereocenters. The first kappa shape index (κ1) is 44.8. The van der Waals surface area contributed by atoms with Gasteiger partial charge in [-0.25, -0.2) is 4.98 Å². The molecule has 3 aliphatic rings. The van der Waals surface area contributed by atoms with Gasteiger partial charge in [-0.2, -0.15) is 4.98 Å². The van der Waals surface area contributed by atoms with Crippen molar-refractivity contribution in [3.05, 3.63) is 88.6 Å². The molecule has 1 aromatic heterocycles. The Morgan fingerprint density at radius 3 is 2.46 bits per heavy atom. The second kappa shape index (κ2) is 21.7. The van der Waals surface area contributed by atoms with E-state index in [0.717, 1.165) is 87.5 Å². The fourth-order valence-corrected chi connectivity index (χ4v) is 10.3. The van der Waals surface area contributed by atoms with E-state index in [1.54, 1.807) is 13.3 Å². The van der Waals surface area contributed by atoms with E-state index in [-0.39, 0.29) is 19.9 Å². The van der Waals surface area contributed by atoms with E-state index in [2.05, 4.69) is 93.0 Å². The number of rotatable bonds is 20. The number of methoxy groups -OCH3 is 1. The number of carbonyl (C=O) groups is 2. The van der Waals surface area contributed by atoms with Crippen molar-refractivity contribution >= 4 is 65.8 Å². The predicted octanol–water partition coefficient (Wildman–Crippen LogP) is 9.10. The topological polar surface area (TPSA) is 106 Å². The van der Waals surface area contributed by atoms with Gasteiger partial charge in [-0.05, 0) is 106 Å². The maximum atomic E-state index is 13.0. The van der Waals surface area contributed by atoms with Crippen molar-refractivity contribution in [3.63, 3.8) is 0 Å². The minimum Gasteiger partial charge on any atom is -0.494 e. The van der Waals surface area contributed by atoms with Gasteiger partial charge in [0.2, 0.25) is 5.95 Å². The molecular formula is C48H64ClN8O3P. The minimum absolute atomic E-state index is 0.0846. The van der Waals surface area contributed by atoms with E-state index >= 15 is 0 Å². The minimum atomic E-state index is -0.306. The third-order valence-corrected chi connectivity index (χ3v) is 14.4. The number of hydrogen-bond acceptors (Lipinski definition) is 10. The summed E-state index contributed by atoms with van der Waals surface area (Å²) in [5.41, 5.74) is 6.35. The molecule has 0 aliphatic carbocycles. The molecule has 0 radical (unpaired) electrons. The predicted molar refractivity (Wildman–Crippen MR) is 253 cm³/mol. The van der Waals surface area contributed by atoms with Crippen LogP contribution in [0.15, 0.2) is 66.9 Å². The third-order valence-electron chi connectivity index (χ3n) is 12.8. The average Bonchev–Trinajstić information content (AvgIpc) is 3.63. The van der Waals surface area contributed by atoms with E-state index in [9.17, 15) is 9.59 Å². The van der Waals surface area contributed by atoms with Gasteiger partial charge >= 0.3 is 0 Å². The molecular weight excluding hydrogens is 803 g/mol. The number of ether oxygens (including phenoxy) is 1. The van der Waals surface area contributed by atoms with Crippen molar-refractivity contribution in [1.29, 1.82) is 0 Å². The summed E-state index contributed by atoms with van der Waals surface area (Å²) < 4.78 is 5.85. The first-order valence-electron chi connectivity index (χ1n) is 22.3. The number of nitrogens with zero attached hydrogens (tertiary/aromatic N) is 6. The van der Waals surface area contributed by atoms with Gasteiger partial charge in [-0.15, -0.1) is 0 Å². The van der Waals surface area contributed by atoms with Crippen molar-refractivity contribution in [2.24, 2.45) is 0 Å². The van der Waals surface area contributed by atoms with Crippen LogP contribution in [0.4, 0.5) is 28.8 Å². The van der Waals surface area contributed by atoms with Gasteiger partial charge < -0.3 is 34.9 Å². The maximum absolute atomic E-state index is 13.0. The summed E-state index contributed by atoms with van der Waals surface area (Å²) >= 11 is 6.53. The lowest BCUT2D eigenvalue weighted by Crippen LogP contribution is -2.53. The van der Waals surface area contributed by atoms with Crippen LogP contribution in [-0.2, 0) is 17.8 Å². The Kier molecular flexibility index (Phi) is 15.9. The molecule has 0 saturated carbocycles. The number of benzene rings is 3. The molecule has 0 bridgehead atoms. The number of halogens is 1. The number of piperazine rings is 1. The summed E-state index contributed by atoms with van der Waals surface area (Å²) in [5.74, 6) is 1.87. The van der Waals surface area contributed by atoms with Gasteiger partial charge in [0, 0.05) is 87.3 Å². The van der Waals surface area contributed by atoms with Crippen LogP contribution in [0.2, 0.25) is 5.02 Å². The number of nitrogens with one attached hydrogen (secondary N) is 2. The quantitative estimate of drug-likeness (QED) is 0.0508. The summed E-state index contributed by atoms with van der Waals surface area (Å²) in [7, 11) is 1.40. The molecule has 61 heavy (non-hydrogen) atoms. The number of para-hydroxylation sites is 1. The van der Waals surface area contributed by atoms with Gasteiger partial charge in [-0.3, -0.25) is 9.69 Å². The molecule has 2 N–H and O–H groups in total. The fraction of sp³-hybridized carbons (Fsp3) is 0.500. The lowest BCUT2D eigenvalue weighted by Gasteiger charge is -2.43. The zero-order valence-corrected chi connectivity index (χ0v) is 38.2. The van der Waals surface area contributed by atoms with Crippen LogP contribution in [0.25, 0.3) is 0 Å². The van der Waals surface area contributed by atoms with Gasteiger partial charge in [0.1, 0.15) is 17.1 Å². The van der Waals surface area contributed by atoms with Crippen molar-refractivity contribution in [1.82, 2.24) is 24.7 Å². The van der Waals surface area contributed by atoms with Crippen LogP contribution in [0.5, 0.6) is 5.75 Å². The number of piperidine rings is 1. The lowest BCUT2D eigenvalue weighted by atomic mass is 9.98. The molecule has 3 aromatic carbocycles. The Morgan fingerprint density at radius 1 is 0.918 bits per heavy atom. The number of aryl methyl sites for hydroxylation is 1. The molecule has 11 nitrogen and oxygen atoms in total. The van der Waals surface area contributed by atoms with Crippen LogP contribution in [-0.4, -0.2) is 115 Å². The molecule has 4 aromatic rings. The summed E-state index contributed by atoms with van der Waals surface area (Å²) in [6.45, 7) is 15.1. The first-order valence-corrected chi connectivity index (χ1v) is 24.9. The van der Waals surface area contributed by atoms with Crippen LogP contribution >= 0.6 is 19.5 Å². The van der Waals surface area contributed by atoms with Gasteiger partial charge in [-0.1, -0.05) is 69.1 Å². The molecule has 1 atom stereocenters. The SMILES string of the molecule is COc1cc(N2CCC(N3CCN(CCCCCCCc4cccc5c4CN(C(C)CCC=O)C5=O)CC3)CC2)ccc1Nc1ncc(Cl)c(Nc2ccccc2P(C)C)n1. The molecule has 3 aliphatic heterocycles. The Labute approximate surface area is 369 Å². The largest absolute Gasteiger partial charge is 0.494 e. The summed E-state index contributed by atoms with van der Waals surface area (Å²) in [6.07, 6.45) is 13.3. The van der Waals surface area contributed by atoms with Gasteiger partial charge in [0.15, 0.2) is 5.82 Å². The van der Waals surface area contributed by atoms with Crippen molar-refractivity contribution in [2.45, 2.75) is 89.8 Å². The third kappa shape index (κ3) is 11.4. The van der Waals surface area contributed by atoms with Gasteiger partial charge in [0.05, 0.1) is 19.0 Å². The number of aldehydes is 1. The molecule has 2 fully saturated rings. The summed E-state index contributed by atoms with van der Waals surface area (Å²) in [4.78, 5) is 42.9. The van der Waals surface area contributed by atoms with E-state index in [1.165, 1.54) is 67.2 Å². The highest BCUT2D eigenvalue weighted by Crippen LogP contribution is 2.35. The molecule has 0 spiro atoms. The first-order chi connectivity index (χ1) is 29.7. The van der Waals surface area contributed by atoms with Crippen LogP contribution < -0.4 is 25.6 Å². The molecule has 2 saturated heterocycles. The standard InChI is InChI=1S/C48H64ClN8O3P/c1-35(14-13-31-58)57-34-40-36(16-12-17-39(40)47(57)59)15-8-6-5-7-11-24-54-27-29-56(30-28-54)37-22-25-55(26-23-37)38-20-21-42(44(32-38)60-2)52-48-50-33-41(49)46(53-48)51-43-18-9-10-19-45(43)61(3)4/h9-10,12,16-21,31-33,35,37H,5-8,11,13-15,22-30,34H2,1-4H3,(H2,50,51,52,53). The van der Waals surface area contributed by atoms with Crippen molar-refractivity contribution < 1.29 is 14.3 Å². The highest BCUT2D eigenvalue weighted by Gasteiger charge is 2.32. The zero-order chi connectivity index (χ0) is 42.7. The Hall–Kier alpha value is -4.28. The molecule has 13 heteroatoms. The normalized spacial score (nSPS) is 16.9. The average molecular weight is 868 g/mol. The number of amides is 1. The Balaban J connectivity index is 0.797. The molecule has 1 amide bonds. The lowest BCUT2D eigenvalue weighted by molar-refractivity contribution is -0.108. The highest BCUT2D eigenvalue weighted by molar-refractivity contribution is 7.64. The van der Waals surface area contributed by atoms with Crippen LogP contribution in [0, 0.1) is 0 Å². The molecule has 4 heterocycles. The van der Waals surface area contributed by atoms with Crippen molar-refractivity contribution in [2.75, 3.05) is 81.8 Å². The number of unbranched alkanes of at least 4 members (excludes halogenated alkanes) is 4. The van der Waals surface area contributed by atoms with E-state index in [1.807, 2.05) is 23.1 Å².